The van der Waals surface area contributed by atoms with E-state index in [0.29, 0.717) is 12.2 Å². The smallest absolute Gasteiger partial charge is 0.308 e. The Morgan fingerprint density at radius 3 is 2.52 bits per heavy atom. The summed E-state index contributed by atoms with van der Waals surface area (Å²) in [6, 6.07) is 15.5. The number of hydrogen-bond donors (Lipinski definition) is 2. The zero-order valence-electron chi connectivity index (χ0n) is 15.4. The molecule has 5 nitrogen and oxygen atoms in total. The molecule has 1 fully saturated rings. The van der Waals surface area contributed by atoms with Gasteiger partial charge < -0.3 is 15.0 Å². The largest absolute Gasteiger partial charge is 0.481 e. The van der Waals surface area contributed by atoms with Gasteiger partial charge in [0.15, 0.2) is 0 Å². The summed E-state index contributed by atoms with van der Waals surface area (Å²) in [6.07, 6.45) is 0. The van der Waals surface area contributed by atoms with Crippen LogP contribution in [0.4, 0.5) is 0 Å². The van der Waals surface area contributed by atoms with Gasteiger partial charge in [-0.1, -0.05) is 36.4 Å². The minimum absolute atomic E-state index is 0.145. The maximum atomic E-state index is 13.1. The maximum Gasteiger partial charge on any atom is 0.308 e. The molecule has 138 valence electrons. The highest BCUT2D eigenvalue weighted by Crippen LogP contribution is 2.34. The van der Waals surface area contributed by atoms with E-state index in [-0.39, 0.29) is 18.4 Å². The molecule has 0 unspecified atom stereocenters. The van der Waals surface area contributed by atoms with E-state index in [1.165, 1.54) is 5.56 Å². The molecule has 3 aromatic rings. The third-order valence-electron chi connectivity index (χ3n) is 5.73. The molecule has 2 atom stereocenters. The van der Waals surface area contributed by atoms with Crippen molar-refractivity contribution in [2.75, 3.05) is 13.1 Å². The first kappa shape index (κ1) is 17.3. The number of nitrogens with zero attached hydrogens (tertiary/aromatic N) is 1. The quantitative estimate of drug-likeness (QED) is 0.746. The van der Waals surface area contributed by atoms with Gasteiger partial charge in [-0.15, -0.1) is 0 Å². The number of aromatic nitrogens is 1. The Kier molecular flexibility index (Phi) is 4.22. The fourth-order valence-corrected chi connectivity index (χ4v) is 4.00. The molecule has 0 bridgehead atoms. The topological polar surface area (TPSA) is 73.4 Å². The average molecular weight is 362 g/mol. The van der Waals surface area contributed by atoms with Crippen LogP contribution in [0.25, 0.3) is 10.9 Å². The molecule has 0 radical (unpaired) electrons. The van der Waals surface area contributed by atoms with E-state index in [4.69, 9.17) is 0 Å². The molecular weight excluding hydrogens is 340 g/mol. The van der Waals surface area contributed by atoms with Crippen molar-refractivity contribution in [1.82, 2.24) is 9.88 Å². The molecule has 1 aromatic heterocycles. The number of aromatic amines is 1. The van der Waals surface area contributed by atoms with Gasteiger partial charge in [-0.2, -0.15) is 0 Å². The molecule has 0 spiro atoms. The molecule has 0 saturated carbocycles. The van der Waals surface area contributed by atoms with E-state index in [1.54, 1.807) is 4.90 Å². The standard InChI is InChI=1S/C22H22N2O3/c1-13-8-9-19-16(14(13)2)10-20(23-19)21(25)24-11-17(18(12-24)22(26)27)15-6-4-3-5-7-15/h3-10,17-18,23H,11-12H2,1-2H3,(H,26,27)/t17-,18-/m0/s1. The highest BCUT2D eigenvalue weighted by Gasteiger charge is 2.40. The number of hydrogen-bond acceptors (Lipinski definition) is 2. The number of likely N-dealkylation sites (tertiary alicyclic amines) is 1. The first-order chi connectivity index (χ1) is 13.0. The van der Waals surface area contributed by atoms with Crippen molar-refractivity contribution in [2.45, 2.75) is 19.8 Å². The van der Waals surface area contributed by atoms with Gasteiger partial charge in [0.1, 0.15) is 5.69 Å². The van der Waals surface area contributed by atoms with Crippen LogP contribution in [0.2, 0.25) is 0 Å². The van der Waals surface area contributed by atoms with Crippen LogP contribution in [0.3, 0.4) is 0 Å². The van der Waals surface area contributed by atoms with E-state index in [1.807, 2.05) is 62.4 Å². The van der Waals surface area contributed by atoms with Crippen molar-refractivity contribution in [3.8, 4) is 0 Å². The van der Waals surface area contributed by atoms with Gasteiger partial charge in [-0.3, -0.25) is 9.59 Å². The number of amides is 1. The van der Waals surface area contributed by atoms with E-state index < -0.39 is 11.9 Å². The van der Waals surface area contributed by atoms with E-state index in [2.05, 4.69) is 4.98 Å². The monoisotopic (exact) mass is 362 g/mol. The first-order valence-electron chi connectivity index (χ1n) is 9.11. The van der Waals surface area contributed by atoms with Gasteiger partial charge in [0.2, 0.25) is 0 Å². The molecule has 5 heteroatoms. The fraction of sp³-hybridized carbons (Fsp3) is 0.273. The van der Waals surface area contributed by atoms with Crippen LogP contribution in [-0.4, -0.2) is 40.0 Å². The maximum absolute atomic E-state index is 13.1. The van der Waals surface area contributed by atoms with E-state index >= 15 is 0 Å². The number of carbonyl (C=O) groups is 2. The number of nitrogens with one attached hydrogen (secondary N) is 1. The molecule has 2 heterocycles. The SMILES string of the molecule is Cc1ccc2[nH]c(C(=O)N3C[C@H](C(=O)O)[C@H](c4ccccc4)C3)cc2c1C. The number of fused-ring (bicyclic) bond motifs is 1. The predicted molar refractivity (Wildman–Crippen MR) is 104 cm³/mol. The van der Waals surface area contributed by atoms with Crippen LogP contribution in [0, 0.1) is 19.8 Å². The van der Waals surface area contributed by atoms with Crippen molar-refractivity contribution in [2.24, 2.45) is 5.92 Å². The molecule has 2 N–H and O–H groups in total. The lowest BCUT2D eigenvalue weighted by atomic mass is 9.89. The lowest BCUT2D eigenvalue weighted by Crippen LogP contribution is -2.30. The predicted octanol–water partition coefficient (Wildman–Crippen LogP) is 3.73. The Labute approximate surface area is 157 Å². The molecule has 0 aliphatic carbocycles. The number of aliphatic carboxylic acids is 1. The van der Waals surface area contributed by atoms with Gasteiger partial charge in [0, 0.05) is 29.9 Å². The van der Waals surface area contributed by atoms with E-state index in [0.717, 1.165) is 22.0 Å². The Bertz CT molecular complexity index is 1020. The second-order valence-corrected chi connectivity index (χ2v) is 7.32. The molecule has 1 amide bonds. The molecule has 2 aromatic carbocycles. The Hall–Kier alpha value is -3.08. The second kappa shape index (κ2) is 6.58. The summed E-state index contributed by atoms with van der Waals surface area (Å²) >= 11 is 0. The number of aryl methyl sites for hydroxylation is 2. The number of H-pyrrole nitrogens is 1. The summed E-state index contributed by atoms with van der Waals surface area (Å²) in [7, 11) is 0. The number of carboxylic acids is 1. The zero-order chi connectivity index (χ0) is 19.1. The van der Waals surface area contributed by atoms with Crippen molar-refractivity contribution < 1.29 is 14.7 Å². The van der Waals surface area contributed by atoms with Crippen LogP contribution >= 0.6 is 0 Å². The minimum Gasteiger partial charge on any atom is -0.481 e. The number of carbonyl (C=O) groups excluding carboxylic acids is 1. The van der Waals surface area contributed by atoms with Gasteiger partial charge in [0.25, 0.3) is 5.91 Å². The third-order valence-corrected chi connectivity index (χ3v) is 5.73. The van der Waals surface area contributed by atoms with Crippen molar-refractivity contribution in [1.29, 1.82) is 0 Å². The van der Waals surface area contributed by atoms with Crippen LogP contribution in [0.1, 0.15) is 33.1 Å². The summed E-state index contributed by atoms with van der Waals surface area (Å²) in [4.78, 5) is 29.7. The lowest BCUT2D eigenvalue weighted by molar-refractivity contribution is -0.141. The Balaban J connectivity index is 1.64. The highest BCUT2D eigenvalue weighted by molar-refractivity contribution is 5.99. The summed E-state index contributed by atoms with van der Waals surface area (Å²) in [5.74, 6) is -1.79. The van der Waals surface area contributed by atoms with Crippen molar-refractivity contribution in [3.05, 3.63) is 70.9 Å². The molecular formula is C22H22N2O3. The molecule has 1 aliphatic heterocycles. The minimum atomic E-state index is -0.859. The summed E-state index contributed by atoms with van der Waals surface area (Å²) in [5, 5.41) is 10.7. The number of benzene rings is 2. The Morgan fingerprint density at radius 2 is 1.81 bits per heavy atom. The van der Waals surface area contributed by atoms with E-state index in [9.17, 15) is 14.7 Å². The van der Waals surface area contributed by atoms with Gasteiger partial charge in [-0.05, 0) is 42.7 Å². The number of carboxylic acid groups (broad SMARTS) is 1. The van der Waals surface area contributed by atoms with Gasteiger partial charge in [0.05, 0.1) is 5.92 Å². The van der Waals surface area contributed by atoms with Crippen LogP contribution < -0.4 is 0 Å². The Morgan fingerprint density at radius 1 is 1.07 bits per heavy atom. The van der Waals surface area contributed by atoms with Crippen molar-refractivity contribution in [3.63, 3.8) is 0 Å². The normalized spacial score (nSPS) is 19.6. The zero-order valence-corrected chi connectivity index (χ0v) is 15.4. The second-order valence-electron chi connectivity index (χ2n) is 7.32. The van der Waals surface area contributed by atoms with Gasteiger partial charge in [-0.25, -0.2) is 0 Å². The molecule has 27 heavy (non-hydrogen) atoms. The highest BCUT2D eigenvalue weighted by atomic mass is 16.4. The average Bonchev–Trinajstić information content (AvgIpc) is 3.30. The third kappa shape index (κ3) is 2.99. The summed E-state index contributed by atoms with van der Waals surface area (Å²) in [5.41, 5.74) is 4.72. The summed E-state index contributed by atoms with van der Waals surface area (Å²) < 4.78 is 0. The molecule has 1 aliphatic rings. The van der Waals surface area contributed by atoms with Crippen molar-refractivity contribution >= 4 is 22.8 Å². The van der Waals surface area contributed by atoms with Gasteiger partial charge >= 0.3 is 5.97 Å². The number of rotatable bonds is 3. The molecule has 1 saturated heterocycles. The lowest BCUT2D eigenvalue weighted by Gasteiger charge is -2.15. The fourth-order valence-electron chi connectivity index (χ4n) is 4.00. The summed E-state index contributed by atoms with van der Waals surface area (Å²) in [6.45, 7) is 4.72. The molecule has 4 rings (SSSR count). The van der Waals surface area contributed by atoms with Crippen LogP contribution in [0.5, 0.6) is 0 Å². The van der Waals surface area contributed by atoms with Crippen LogP contribution in [0.15, 0.2) is 48.5 Å². The van der Waals surface area contributed by atoms with Crippen LogP contribution in [-0.2, 0) is 4.79 Å². The first-order valence-corrected chi connectivity index (χ1v) is 9.11.